The van der Waals surface area contributed by atoms with Crippen LogP contribution in [0.5, 0.6) is 0 Å². The molecule has 0 saturated carbocycles. The van der Waals surface area contributed by atoms with E-state index in [0.29, 0.717) is 24.3 Å². The summed E-state index contributed by atoms with van der Waals surface area (Å²) < 4.78 is 5.09. The van der Waals surface area contributed by atoms with Gasteiger partial charge in [-0.1, -0.05) is 0 Å². The zero-order valence-corrected chi connectivity index (χ0v) is 12.1. The molecule has 2 atom stereocenters. The molecule has 1 heterocycles. The molecule has 2 rings (SSSR count). The molecule has 18 heavy (non-hydrogen) atoms. The first-order valence-corrected chi connectivity index (χ1v) is 8.73. The van der Waals surface area contributed by atoms with Crippen molar-refractivity contribution in [2.45, 2.75) is 17.7 Å². The SMILES string of the molecule is NC(=O)C(CCCCl)[Se]1=NC(=O)c2ccccc21. The van der Waals surface area contributed by atoms with Crippen molar-refractivity contribution in [1.29, 1.82) is 0 Å². The van der Waals surface area contributed by atoms with Gasteiger partial charge in [-0.25, -0.2) is 0 Å². The Morgan fingerprint density at radius 1 is 1.44 bits per heavy atom. The summed E-state index contributed by atoms with van der Waals surface area (Å²) in [7, 11) is 0. The Morgan fingerprint density at radius 2 is 2.17 bits per heavy atom. The van der Waals surface area contributed by atoms with Gasteiger partial charge in [0.2, 0.25) is 0 Å². The predicted molar refractivity (Wildman–Crippen MR) is 71.5 cm³/mol. The molecule has 0 saturated heterocycles. The fraction of sp³-hybridized carbons (Fsp3) is 0.333. The van der Waals surface area contributed by atoms with Crippen LogP contribution in [0.1, 0.15) is 23.2 Å². The van der Waals surface area contributed by atoms with E-state index in [9.17, 15) is 9.59 Å². The zero-order chi connectivity index (χ0) is 13.1. The number of alkyl halides is 1. The zero-order valence-electron chi connectivity index (χ0n) is 9.64. The third-order valence-corrected chi connectivity index (χ3v) is 7.54. The van der Waals surface area contributed by atoms with Gasteiger partial charge in [-0.2, -0.15) is 0 Å². The van der Waals surface area contributed by atoms with Crippen molar-refractivity contribution in [2.75, 3.05) is 5.88 Å². The molecule has 1 aliphatic rings. The van der Waals surface area contributed by atoms with E-state index in [1.165, 1.54) is 0 Å². The van der Waals surface area contributed by atoms with Crippen LogP contribution in [0.4, 0.5) is 0 Å². The van der Waals surface area contributed by atoms with Crippen LogP contribution in [0, 0.1) is 0 Å². The van der Waals surface area contributed by atoms with Crippen molar-refractivity contribution in [2.24, 2.45) is 9.70 Å². The quantitative estimate of drug-likeness (QED) is 0.650. The molecule has 0 aliphatic carbocycles. The molecule has 6 heteroatoms. The molecule has 0 fully saturated rings. The van der Waals surface area contributed by atoms with Gasteiger partial charge in [-0.3, -0.25) is 0 Å². The van der Waals surface area contributed by atoms with Crippen molar-refractivity contribution in [3.05, 3.63) is 29.8 Å². The number of halogens is 1. The normalized spacial score (nSPS) is 19.2. The number of carbonyl (C=O) groups is 2. The van der Waals surface area contributed by atoms with E-state index in [2.05, 4.69) is 3.96 Å². The molecule has 1 aliphatic heterocycles. The van der Waals surface area contributed by atoms with Gasteiger partial charge in [0, 0.05) is 0 Å². The maximum atomic E-state index is 11.8. The number of nitrogens with two attached hydrogens (primary N) is 1. The fourth-order valence-corrected chi connectivity index (χ4v) is 6.24. The number of hydrogen-bond acceptors (Lipinski definition) is 2. The minimum absolute atomic E-state index is 0.215. The molecule has 2 N–H and O–H groups in total. The number of carbonyl (C=O) groups excluding carboxylic acids is 2. The second kappa shape index (κ2) is 5.74. The second-order valence-corrected chi connectivity index (χ2v) is 8.13. The molecular formula is C12H13ClN2O2Se. The number of nitrogens with zero attached hydrogens (tertiary/aromatic N) is 1. The van der Waals surface area contributed by atoms with Crippen molar-refractivity contribution in [1.82, 2.24) is 0 Å². The van der Waals surface area contributed by atoms with E-state index in [-0.39, 0.29) is 16.6 Å². The Labute approximate surface area is 114 Å². The fourth-order valence-electron chi connectivity index (χ4n) is 1.86. The van der Waals surface area contributed by atoms with E-state index in [4.69, 9.17) is 17.3 Å². The number of hydrogen-bond donors (Lipinski definition) is 1. The van der Waals surface area contributed by atoms with Gasteiger partial charge >= 0.3 is 114 Å². The molecule has 1 aromatic carbocycles. The first-order chi connectivity index (χ1) is 8.65. The number of benzene rings is 1. The Hall–Kier alpha value is -1.03. The standard InChI is InChI=1S/C12H13ClN2O2Se/c13-7-3-6-10(11(14)16)18-9-5-2-1-4-8(9)12(17)15-18/h1-2,4-5,10H,3,6-7H2,(H2,14,16). The third kappa shape index (κ3) is 2.53. The van der Waals surface area contributed by atoms with Crippen molar-refractivity contribution >= 4 is 41.6 Å². The van der Waals surface area contributed by atoms with E-state index in [1.54, 1.807) is 12.1 Å². The second-order valence-electron chi connectivity index (χ2n) is 3.93. The van der Waals surface area contributed by atoms with Crippen molar-refractivity contribution in [3.63, 3.8) is 0 Å². The Morgan fingerprint density at radius 3 is 2.83 bits per heavy atom. The number of amides is 2. The van der Waals surface area contributed by atoms with Gasteiger partial charge in [-0.15, -0.1) is 0 Å². The molecule has 96 valence electrons. The van der Waals surface area contributed by atoms with Crippen LogP contribution in [0.15, 0.2) is 28.2 Å². The number of primary amides is 1. The summed E-state index contributed by atoms with van der Waals surface area (Å²) in [5.74, 6) is -0.107. The molecule has 4 nitrogen and oxygen atoms in total. The Kier molecular flexibility index (Phi) is 4.27. The molecular weight excluding hydrogens is 319 g/mol. The molecule has 1 aromatic rings. The molecule has 0 aromatic heterocycles. The monoisotopic (exact) mass is 332 g/mol. The summed E-state index contributed by atoms with van der Waals surface area (Å²) in [6.45, 7) is 0. The average Bonchev–Trinajstić information content (AvgIpc) is 2.68. The van der Waals surface area contributed by atoms with Crippen LogP contribution in [0.25, 0.3) is 0 Å². The summed E-state index contributed by atoms with van der Waals surface area (Å²) in [5, 5.41) is 0. The average molecular weight is 332 g/mol. The Balaban J connectivity index is 2.35. The van der Waals surface area contributed by atoms with E-state index in [1.807, 2.05) is 12.1 Å². The summed E-state index contributed by atoms with van der Waals surface area (Å²) in [4.78, 5) is 23.0. The molecule has 2 unspecified atom stereocenters. The molecule has 0 bridgehead atoms. The summed E-state index contributed by atoms with van der Waals surface area (Å²) in [6.07, 6.45) is 1.32. The topological polar surface area (TPSA) is 72.5 Å². The first kappa shape index (κ1) is 13.4. The first-order valence-electron chi connectivity index (χ1n) is 5.58. The van der Waals surface area contributed by atoms with E-state index >= 15 is 0 Å². The van der Waals surface area contributed by atoms with E-state index in [0.717, 1.165) is 4.46 Å². The van der Waals surface area contributed by atoms with Crippen LogP contribution >= 0.6 is 11.6 Å². The molecule has 2 amide bonds. The van der Waals surface area contributed by atoms with Gasteiger partial charge in [0.05, 0.1) is 0 Å². The van der Waals surface area contributed by atoms with Crippen LogP contribution in [-0.4, -0.2) is 31.4 Å². The van der Waals surface area contributed by atoms with Gasteiger partial charge in [-0.05, 0) is 0 Å². The summed E-state index contributed by atoms with van der Waals surface area (Å²) in [5.41, 5.74) is 6.06. The number of rotatable bonds is 5. The Bertz CT molecular complexity index is 531. The number of fused-ring (bicyclic) bond motifs is 1. The van der Waals surface area contributed by atoms with Crippen LogP contribution in [0.3, 0.4) is 0 Å². The van der Waals surface area contributed by atoms with Crippen LogP contribution in [0.2, 0.25) is 4.82 Å². The van der Waals surface area contributed by atoms with Crippen LogP contribution in [-0.2, 0) is 4.79 Å². The van der Waals surface area contributed by atoms with Crippen molar-refractivity contribution < 1.29 is 9.59 Å². The van der Waals surface area contributed by atoms with Gasteiger partial charge < -0.3 is 0 Å². The van der Waals surface area contributed by atoms with Gasteiger partial charge in [0.25, 0.3) is 0 Å². The minimum atomic E-state index is -1.84. The van der Waals surface area contributed by atoms with E-state index < -0.39 is 13.7 Å². The molecule has 0 radical (unpaired) electrons. The third-order valence-electron chi connectivity index (χ3n) is 2.71. The molecule has 0 spiro atoms. The summed E-state index contributed by atoms with van der Waals surface area (Å²) in [6, 6.07) is 7.30. The maximum absolute atomic E-state index is 11.8. The van der Waals surface area contributed by atoms with Crippen LogP contribution < -0.4 is 10.2 Å². The van der Waals surface area contributed by atoms with Gasteiger partial charge in [0.1, 0.15) is 0 Å². The predicted octanol–water partition coefficient (Wildman–Crippen LogP) is 1.18. The van der Waals surface area contributed by atoms with Gasteiger partial charge in [0.15, 0.2) is 0 Å². The van der Waals surface area contributed by atoms with Crippen molar-refractivity contribution in [3.8, 4) is 0 Å². The summed E-state index contributed by atoms with van der Waals surface area (Å²) >= 11 is 3.81.